The minimum Gasteiger partial charge on any atom is -0.462 e. The van der Waals surface area contributed by atoms with Crippen molar-refractivity contribution in [2.24, 2.45) is 0 Å². The summed E-state index contributed by atoms with van der Waals surface area (Å²) in [5.41, 5.74) is -2.68. The van der Waals surface area contributed by atoms with Crippen LogP contribution in [0, 0.1) is 6.92 Å². The van der Waals surface area contributed by atoms with Crippen LogP contribution in [0.5, 0.6) is 0 Å². The van der Waals surface area contributed by atoms with E-state index in [9.17, 15) is 71.5 Å². The van der Waals surface area contributed by atoms with Crippen molar-refractivity contribution in [1.82, 2.24) is 0 Å². The number of nitrogens with one attached hydrogen (secondary N) is 1. The van der Waals surface area contributed by atoms with Crippen molar-refractivity contribution in [3.8, 4) is 0 Å². The highest BCUT2D eigenvalue weighted by atomic mass is 32.1. The molecule has 0 aliphatic rings. The monoisotopic (exact) mass is 631 g/mol. The van der Waals surface area contributed by atoms with Crippen LogP contribution >= 0.6 is 11.3 Å². The zero-order valence-electron chi connectivity index (χ0n) is 20.6. The lowest BCUT2D eigenvalue weighted by molar-refractivity contribution is -0.435. The van der Waals surface area contributed by atoms with Gasteiger partial charge in [-0.05, 0) is 40.2 Å². The van der Waals surface area contributed by atoms with Gasteiger partial charge in [0.05, 0.1) is 12.2 Å². The van der Waals surface area contributed by atoms with E-state index in [4.69, 9.17) is 4.74 Å². The van der Waals surface area contributed by atoms with Crippen molar-refractivity contribution in [1.29, 1.82) is 0 Å². The van der Waals surface area contributed by atoms with Gasteiger partial charge in [0.1, 0.15) is 15.5 Å². The number of rotatable bonds is 9. The molecule has 1 aromatic rings. The Morgan fingerprint density at radius 2 is 1.20 bits per heavy atom. The first-order valence-electron chi connectivity index (χ1n) is 10.3. The van der Waals surface area contributed by atoms with Crippen LogP contribution in [0.1, 0.15) is 53.3 Å². The van der Waals surface area contributed by atoms with Crippen LogP contribution in [0.4, 0.5) is 62.1 Å². The van der Waals surface area contributed by atoms with Gasteiger partial charge in [0, 0.05) is 0 Å². The largest absolute Gasteiger partial charge is 0.462 e. The summed E-state index contributed by atoms with van der Waals surface area (Å²) in [6.45, 7) is 5.77. The second-order valence-electron chi connectivity index (χ2n) is 8.81. The van der Waals surface area contributed by atoms with E-state index in [-0.39, 0.29) is 11.3 Å². The topological polar surface area (TPSA) is 81.7 Å². The van der Waals surface area contributed by atoms with E-state index in [0.717, 1.165) is 12.2 Å². The number of alkyl halides is 13. The summed E-state index contributed by atoms with van der Waals surface area (Å²) in [4.78, 5) is 36.0. The third-order valence-electron chi connectivity index (χ3n) is 4.66. The molecule has 0 bridgehead atoms. The molecule has 0 saturated carbocycles. The van der Waals surface area contributed by atoms with Gasteiger partial charge in [-0.25, -0.2) is 9.59 Å². The number of hydrogen-bond donors (Lipinski definition) is 1. The molecule has 1 rings (SSSR count). The van der Waals surface area contributed by atoms with E-state index in [1.54, 1.807) is 0 Å². The van der Waals surface area contributed by atoms with E-state index >= 15 is 0 Å². The van der Waals surface area contributed by atoms with Crippen LogP contribution < -0.4 is 5.32 Å². The molecule has 0 radical (unpaired) electrons. The van der Waals surface area contributed by atoms with Crippen LogP contribution in [-0.4, -0.2) is 65.8 Å². The first-order chi connectivity index (χ1) is 17.5. The molecule has 0 aliphatic carbocycles. The lowest BCUT2D eigenvalue weighted by Gasteiger charge is -2.39. The van der Waals surface area contributed by atoms with Crippen LogP contribution in [-0.2, 0) is 14.3 Å². The molecule has 1 aromatic heterocycles. The fourth-order valence-electron chi connectivity index (χ4n) is 2.66. The normalized spacial score (nSPS) is 14.2. The zero-order valence-corrected chi connectivity index (χ0v) is 21.4. The second-order valence-corrected chi connectivity index (χ2v) is 9.83. The molecule has 1 amide bonds. The predicted molar refractivity (Wildman–Crippen MR) is 110 cm³/mol. The number of carbonyl (C=O) groups is 3. The van der Waals surface area contributed by atoms with Crippen molar-refractivity contribution >= 4 is 34.2 Å². The quantitative estimate of drug-likeness (QED) is 0.238. The van der Waals surface area contributed by atoms with Crippen molar-refractivity contribution in [2.45, 2.75) is 76.0 Å². The molecule has 0 unspecified atom stereocenters. The Bertz CT molecular complexity index is 1150. The number of ether oxygens (including phenoxy) is 2. The second kappa shape index (κ2) is 10.6. The number of carbonyl (C=O) groups excluding carboxylic acids is 3. The molecule has 230 valence electrons. The van der Waals surface area contributed by atoms with Gasteiger partial charge in [-0.2, -0.15) is 57.1 Å². The fourth-order valence-corrected chi connectivity index (χ4v) is 3.73. The minimum atomic E-state index is -8.20. The van der Waals surface area contributed by atoms with Crippen molar-refractivity contribution in [2.75, 3.05) is 11.9 Å². The Balaban J connectivity index is 3.66. The molecule has 0 aromatic carbocycles. The lowest BCUT2D eigenvalue weighted by Crippen LogP contribution is -2.71. The van der Waals surface area contributed by atoms with Crippen molar-refractivity contribution < 1.29 is 80.9 Å². The molecule has 0 fully saturated rings. The van der Waals surface area contributed by atoms with Gasteiger partial charge in [0.2, 0.25) is 0 Å². The smallest absolute Gasteiger partial charge is 0.460 e. The van der Waals surface area contributed by atoms with E-state index in [1.165, 1.54) is 27.7 Å². The number of amides is 1. The fraction of sp³-hybridized carbons (Fsp3) is 0.650. The van der Waals surface area contributed by atoms with Crippen molar-refractivity contribution in [3.05, 3.63) is 16.0 Å². The van der Waals surface area contributed by atoms with E-state index < -0.39 is 86.8 Å². The van der Waals surface area contributed by atoms with E-state index in [1.807, 2.05) is 0 Å². The van der Waals surface area contributed by atoms with Gasteiger partial charge in [-0.15, -0.1) is 11.3 Å². The Labute approximate surface area is 219 Å². The predicted octanol–water partition coefficient (Wildman–Crippen LogP) is 6.87. The highest BCUT2D eigenvalue weighted by Crippen LogP contribution is 2.60. The average Bonchev–Trinajstić information content (AvgIpc) is 3.07. The molecular formula is C20H18F13NO5S. The Morgan fingerprint density at radius 3 is 1.60 bits per heavy atom. The zero-order chi connectivity index (χ0) is 32.1. The highest BCUT2D eigenvalue weighted by Gasteiger charge is 2.91. The molecular weight excluding hydrogens is 613 g/mol. The summed E-state index contributed by atoms with van der Waals surface area (Å²) < 4.78 is 183. The first kappa shape index (κ1) is 35.2. The average molecular weight is 631 g/mol. The van der Waals surface area contributed by atoms with E-state index in [2.05, 4.69) is 4.74 Å². The summed E-state index contributed by atoms with van der Waals surface area (Å²) in [6, 6.07) is 0. The van der Waals surface area contributed by atoms with Crippen LogP contribution in [0.15, 0.2) is 0 Å². The number of halogens is 13. The molecule has 6 nitrogen and oxygen atoms in total. The van der Waals surface area contributed by atoms with Gasteiger partial charge in [-0.3, -0.25) is 4.79 Å². The maximum Gasteiger partial charge on any atom is 0.460 e. The molecule has 0 saturated heterocycles. The molecule has 0 spiro atoms. The summed E-state index contributed by atoms with van der Waals surface area (Å²) in [7, 11) is 0. The summed E-state index contributed by atoms with van der Waals surface area (Å²) in [5.74, 6) is -45.8. The molecule has 20 heteroatoms. The van der Waals surface area contributed by atoms with Gasteiger partial charge in [-0.1, -0.05) is 0 Å². The summed E-state index contributed by atoms with van der Waals surface area (Å²) >= 11 is -0.125. The molecule has 0 aliphatic heterocycles. The maximum atomic E-state index is 14.3. The van der Waals surface area contributed by atoms with Crippen LogP contribution in [0.2, 0.25) is 0 Å². The Kier molecular flexibility index (Phi) is 9.29. The standard InChI is InChI=1S/C20H18F13NO5S/c1-6-38-11(35)8-7(2)9(12(36)39-14(3,4)5)40-10(8)34-13(37)15(21,22)16(23,24)17(25,26)18(27,28)19(29,30)20(31,32)33/h6H2,1-5H3,(H,34,37). The summed E-state index contributed by atoms with van der Waals surface area (Å²) in [5, 5.41) is -0.450. The molecule has 1 N–H and O–H groups in total. The molecule has 0 atom stereocenters. The van der Waals surface area contributed by atoms with Crippen LogP contribution in [0.25, 0.3) is 0 Å². The van der Waals surface area contributed by atoms with Gasteiger partial charge >= 0.3 is 53.6 Å². The van der Waals surface area contributed by atoms with E-state index in [0.29, 0.717) is 0 Å². The minimum absolute atomic E-state index is 0.125. The third-order valence-corrected chi connectivity index (χ3v) is 5.84. The molecule has 1 heterocycles. The number of esters is 2. The first-order valence-corrected chi connectivity index (χ1v) is 11.2. The lowest BCUT2D eigenvalue weighted by atomic mass is 9.93. The van der Waals surface area contributed by atoms with Gasteiger partial charge in [0.25, 0.3) is 0 Å². The molecule has 40 heavy (non-hydrogen) atoms. The van der Waals surface area contributed by atoms with Crippen LogP contribution in [0.3, 0.4) is 0 Å². The number of hydrogen-bond acceptors (Lipinski definition) is 6. The highest BCUT2D eigenvalue weighted by molar-refractivity contribution is 7.18. The number of anilines is 1. The Morgan fingerprint density at radius 1 is 0.750 bits per heavy atom. The SMILES string of the molecule is CCOC(=O)c1c(NC(=O)C(F)(F)C(F)(F)C(F)(F)C(F)(F)C(F)(F)C(F)(F)F)sc(C(=O)OC(C)(C)C)c1C. The number of thiophene rings is 1. The van der Waals surface area contributed by atoms with Crippen molar-refractivity contribution in [3.63, 3.8) is 0 Å². The Hall–Kier alpha value is -2.80. The van der Waals surface area contributed by atoms with Gasteiger partial charge < -0.3 is 14.8 Å². The van der Waals surface area contributed by atoms with Gasteiger partial charge in [0.15, 0.2) is 0 Å². The summed E-state index contributed by atoms with van der Waals surface area (Å²) in [6.07, 6.45) is -7.62. The third kappa shape index (κ3) is 5.81. The maximum absolute atomic E-state index is 14.3.